The third-order valence-corrected chi connectivity index (χ3v) is 5.25. The summed E-state index contributed by atoms with van der Waals surface area (Å²) in [4.78, 5) is 34.9. The number of amides is 1. The van der Waals surface area contributed by atoms with E-state index in [9.17, 15) is 9.59 Å². The van der Waals surface area contributed by atoms with Gasteiger partial charge in [0.25, 0.3) is 11.5 Å². The molecule has 0 radical (unpaired) electrons. The normalized spacial score (nSPS) is 17.6. The maximum absolute atomic E-state index is 12.5. The molecule has 3 aromatic heterocycles. The number of carbonyl (C=O) groups is 1. The molecule has 7 nitrogen and oxygen atoms in total. The van der Waals surface area contributed by atoms with Crippen LogP contribution in [0.1, 0.15) is 35.1 Å². The molecule has 3 aromatic rings. The fourth-order valence-electron chi connectivity index (χ4n) is 3.15. The summed E-state index contributed by atoms with van der Waals surface area (Å²) >= 11 is 1.55. The van der Waals surface area contributed by atoms with Crippen LogP contribution in [0.5, 0.6) is 0 Å². The zero-order valence-corrected chi connectivity index (χ0v) is 14.3. The lowest BCUT2D eigenvalue weighted by atomic mass is 9.96. The van der Waals surface area contributed by atoms with Crippen molar-refractivity contribution in [1.29, 1.82) is 0 Å². The second kappa shape index (κ2) is 6.64. The average molecular weight is 355 g/mol. The van der Waals surface area contributed by atoms with E-state index >= 15 is 0 Å². The van der Waals surface area contributed by atoms with Crippen LogP contribution in [-0.2, 0) is 0 Å². The Morgan fingerprint density at radius 2 is 2.28 bits per heavy atom. The molecule has 0 spiro atoms. The standard InChI is InChI=1S/C17H17N5O2S/c23-15-9-13(14-4-2-8-25-14)19-16(20-15)11-3-1-7-22(10-11)17(24)12-5-6-18-21-12/h2,4-6,8-9,11H,1,3,7,10H2,(H,18,21)(H,19,20,23)/t11-/m1/s1. The summed E-state index contributed by atoms with van der Waals surface area (Å²) in [6.45, 7) is 1.23. The van der Waals surface area contributed by atoms with Crippen LogP contribution in [0.4, 0.5) is 0 Å². The van der Waals surface area contributed by atoms with Crippen molar-refractivity contribution in [2.45, 2.75) is 18.8 Å². The molecule has 1 aliphatic heterocycles. The van der Waals surface area contributed by atoms with Gasteiger partial charge in [0.15, 0.2) is 0 Å². The van der Waals surface area contributed by atoms with Crippen LogP contribution in [0.3, 0.4) is 0 Å². The number of likely N-dealkylation sites (tertiary alicyclic amines) is 1. The van der Waals surface area contributed by atoms with Crippen LogP contribution in [0, 0.1) is 0 Å². The number of aromatic amines is 2. The molecule has 2 N–H and O–H groups in total. The molecule has 1 atom stereocenters. The molecule has 4 rings (SSSR count). The second-order valence-corrected chi connectivity index (χ2v) is 7.00. The fraction of sp³-hybridized carbons (Fsp3) is 0.294. The molecule has 0 saturated carbocycles. The fourth-order valence-corrected chi connectivity index (χ4v) is 3.84. The van der Waals surface area contributed by atoms with E-state index < -0.39 is 0 Å². The van der Waals surface area contributed by atoms with E-state index in [0.29, 0.717) is 30.3 Å². The highest BCUT2D eigenvalue weighted by Crippen LogP contribution is 2.27. The molecule has 1 saturated heterocycles. The Morgan fingerprint density at radius 3 is 3.04 bits per heavy atom. The van der Waals surface area contributed by atoms with Crippen LogP contribution >= 0.6 is 11.3 Å². The van der Waals surface area contributed by atoms with Gasteiger partial charge in [-0.1, -0.05) is 6.07 Å². The van der Waals surface area contributed by atoms with Gasteiger partial charge in [-0.3, -0.25) is 14.7 Å². The van der Waals surface area contributed by atoms with Gasteiger partial charge in [0.05, 0.1) is 10.6 Å². The van der Waals surface area contributed by atoms with E-state index in [2.05, 4.69) is 20.2 Å². The van der Waals surface area contributed by atoms with Gasteiger partial charge in [-0.05, 0) is 30.4 Å². The Morgan fingerprint density at radius 1 is 1.36 bits per heavy atom. The van der Waals surface area contributed by atoms with Gasteiger partial charge in [-0.25, -0.2) is 4.98 Å². The van der Waals surface area contributed by atoms with Gasteiger partial charge in [0.1, 0.15) is 11.5 Å². The summed E-state index contributed by atoms with van der Waals surface area (Å²) in [7, 11) is 0. The largest absolute Gasteiger partial charge is 0.337 e. The van der Waals surface area contributed by atoms with Crippen LogP contribution in [0.2, 0.25) is 0 Å². The second-order valence-electron chi connectivity index (χ2n) is 6.05. The number of thiophene rings is 1. The number of nitrogens with one attached hydrogen (secondary N) is 2. The Hall–Kier alpha value is -2.74. The van der Waals surface area contributed by atoms with Gasteiger partial charge in [0, 0.05) is 31.3 Å². The van der Waals surface area contributed by atoms with Crippen molar-refractivity contribution < 1.29 is 4.79 Å². The number of rotatable bonds is 3. The van der Waals surface area contributed by atoms with Crippen molar-refractivity contribution in [2.24, 2.45) is 0 Å². The van der Waals surface area contributed by atoms with E-state index in [0.717, 1.165) is 17.7 Å². The van der Waals surface area contributed by atoms with E-state index in [-0.39, 0.29) is 17.4 Å². The van der Waals surface area contributed by atoms with Gasteiger partial charge in [0.2, 0.25) is 0 Å². The van der Waals surface area contributed by atoms with Crippen molar-refractivity contribution in [1.82, 2.24) is 25.1 Å². The molecule has 0 bridgehead atoms. The van der Waals surface area contributed by atoms with Crippen molar-refractivity contribution in [3.8, 4) is 10.6 Å². The minimum atomic E-state index is -0.162. The Bertz CT molecular complexity index is 917. The molecule has 1 aliphatic rings. The highest BCUT2D eigenvalue weighted by molar-refractivity contribution is 7.13. The third-order valence-electron chi connectivity index (χ3n) is 4.36. The molecule has 0 aromatic carbocycles. The Labute approximate surface area is 147 Å². The first-order valence-corrected chi connectivity index (χ1v) is 9.02. The zero-order valence-electron chi connectivity index (χ0n) is 13.4. The number of piperidine rings is 1. The molecule has 0 unspecified atom stereocenters. The lowest BCUT2D eigenvalue weighted by Crippen LogP contribution is -2.40. The SMILES string of the molecule is O=C(c1ccn[nH]1)N1CCC[C@@H](c2nc(-c3cccs3)cc(=O)[nH]2)C1. The maximum atomic E-state index is 12.5. The van der Waals surface area contributed by atoms with Crippen LogP contribution < -0.4 is 5.56 Å². The Balaban J connectivity index is 1.59. The first-order chi connectivity index (χ1) is 12.2. The number of nitrogens with zero attached hydrogens (tertiary/aromatic N) is 3. The van der Waals surface area contributed by atoms with E-state index in [4.69, 9.17) is 0 Å². The molecular formula is C17H17N5O2S. The predicted octanol–water partition coefficient (Wildman–Crippen LogP) is 2.24. The van der Waals surface area contributed by atoms with E-state index in [1.165, 1.54) is 6.07 Å². The monoisotopic (exact) mass is 355 g/mol. The summed E-state index contributed by atoms with van der Waals surface area (Å²) < 4.78 is 0. The van der Waals surface area contributed by atoms with E-state index in [1.807, 2.05) is 17.5 Å². The minimum Gasteiger partial charge on any atom is -0.337 e. The van der Waals surface area contributed by atoms with Crippen molar-refractivity contribution in [2.75, 3.05) is 13.1 Å². The lowest BCUT2D eigenvalue weighted by molar-refractivity contribution is 0.0698. The summed E-state index contributed by atoms with van der Waals surface area (Å²) in [6, 6.07) is 7.08. The minimum absolute atomic E-state index is 0.0215. The molecule has 1 amide bonds. The average Bonchev–Trinajstić information content (AvgIpc) is 3.34. The zero-order chi connectivity index (χ0) is 17.2. The first kappa shape index (κ1) is 15.8. The molecule has 128 valence electrons. The third kappa shape index (κ3) is 3.25. The number of hydrogen-bond acceptors (Lipinski definition) is 5. The maximum Gasteiger partial charge on any atom is 0.271 e. The summed E-state index contributed by atoms with van der Waals surface area (Å²) in [5.41, 5.74) is 1.01. The molecule has 25 heavy (non-hydrogen) atoms. The van der Waals surface area contributed by atoms with Gasteiger partial charge in [-0.2, -0.15) is 5.10 Å². The highest BCUT2D eigenvalue weighted by Gasteiger charge is 2.27. The van der Waals surface area contributed by atoms with Crippen LogP contribution in [-0.4, -0.2) is 44.1 Å². The molecule has 8 heteroatoms. The summed E-state index contributed by atoms with van der Waals surface area (Å²) in [6.07, 6.45) is 3.33. The lowest BCUT2D eigenvalue weighted by Gasteiger charge is -2.32. The van der Waals surface area contributed by atoms with Gasteiger partial charge >= 0.3 is 0 Å². The predicted molar refractivity (Wildman–Crippen MR) is 94.6 cm³/mol. The van der Waals surface area contributed by atoms with Crippen molar-refractivity contribution in [3.63, 3.8) is 0 Å². The Kier molecular flexibility index (Phi) is 4.19. The molecular weight excluding hydrogens is 338 g/mol. The molecule has 1 fully saturated rings. The first-order valence-electron chi connectivity index (χ1n) is 8.14. The van der Waals surface area contributed by atoms with Crippen molar-refractivity contribution >= 4 is 17.2 Å². The topological polar surface area (TPSA) is 94.7 Å². The number of aromatic nitrogens is 4. The summed E-state index contributed by atoms with van der Waals surface area (Å²) in [5, 5.41) is 8.51. The van der Waals surface area contributed by atoms with Crippen molar-refractivity contribution in [3.05, 3.63) is 57.7 Å². The summed E-state index contributed by atoms with van der Waals surface area (Å²) in [5.74, 6) is 0.602. The molecule has 4 heterocycles. The van der Waals surface area contributed by atoms with E-state index in [1.54, 1.807) is 28.5 Å². The van der Waals surface area contributed by atoms with Crippen LogP contribution in [0.25, 0.3) is 10.6 Å². The smallest absolute Gasteiger partial charge is 0.271 e. The number of carbonyl (C=O) groups excluding carboxylic acids is 1. The van der Waals surface area contributed by atoms with Crippen LogP contribution in [0.15, 0.2) is 40.6 Å². The van der Waals surface area contributed by atoms with Gasteiger partial charge < -0.3 is 9.88 Å². The highest BCUT2D eigenvalue weighted by atomic mass is 32.1. The quantitative estimate of drug-likeness (QED) is 0.753. The molecule has 0 aliphatic carbocycles. The number of hydrogen-bond donors (Lipinski definition) is 2. The van der Waals surface area contributed by atoms with Gasteiger partial charge in [-0.15, -0.1) is 11.3 Å². The number of H-pyrrole nitrogens is 2.